The molecule has 0 aliphatic heterocycles. The van der Waals surface area contributed by atoms with E-state index in [2.05, 4.69) is 71.0 Å². The molecule has 0 bridgehead atoms. The first-order chi connectivity index (χ1) is 8.69. The van der Waals surface area contributed by atoms with Crippen LogP contribution in [-0.2, 0) is 6.67 Å². The van der Waals surface area contributed by atoms with E-state index in [-0.39, 0.29) is 0 Å². The number of hydrogen-bond donors (Lipinski definition) is 0. The maximum Gasteiger partial charge on any atom is 0.132 e. The van der Waals surface area contributed by atoms with E-state index in [1.54, 1.807) is 0 Å². The van der Waals surface area contributed by atoms with Gasteiger partial charge in [0.2, 0.25) is 0 Å². The summed E-state index contributed by atoms with van der Waals surface area (Å²) < 4.78 is 4.23. The molecular weight excluding hydrogens is 268 g/mol. The molecule has 0 unspecified atom stereocenters. The lowest BCUT2D eigenvalue weighted by Crippen LogP contribution is -2.47. The summed E-state index contributed by atoms with van der Waals surface area (Å²) in [6.45, 7) is 14.8. The molecule has 0 aliphatic carbocycles. The van der Waals surface area contributed by atoms with Crippen LogP contribution in [0.5, 0.6) is 0 Å². The average molecular weight is 293 g/mol. The lowest BCUT2D eigenvalue weighted by Gasteiger charge is -2.21. The van der Waals surface area contributed by atoms with Gasteiger partial charge in [0, 0.05) is 23.0 Å². The molecule has 2 heterocycles. The molecule has 0 saturated carbocycles. The first-order valence-electron chi connectivity index (χ1n) is 6.74. The van der Waals surface area contributed by atoms with Crippen LogP contribution in [0.2, 0.25) is 39.3 Å². The van der Waals surface area contributed by atoms with Crippen LogP contribution in [-0.4, -0.2) is 35.7 Å². The molecule has 2 aromatic rings. The standard InChI is InChI=1S/C13H24N4Si2/c1-18(2,3)12-7-9-14-16(12)11-17-13(8-10-15-17)19(4,5)6/h7-10H,11H2,1-6H3. The van der Waals surface area contributed by atoms with Gasteiger partial charge < -0.3 is 0 Å². The fourth-order valence-electron chi connectivity index (χ4n) is 2.29. The van der Waals surface area contributed by atoms with Gasteiger partial charge >= 0.3 is 0 Å². The molecule has 6 heteroatoms. The highest BCUT2D eigenvalue weighted by atomic mass is 28.3. The highest BCUT2D eigenvalue weighted by molar-refractivity contribution is 6.88. The fraction of sp³-hybridized carbons (Fsp3) is 0.538. The third-order valence-corrected chi connectivity index (χ3v) is 7.16. The first-order valence-corrected chi connectivity index (χ1v) is 13.7. The topological polar surface area (TPSA) is 35.6 Å². The highest BCUT2D eigenvalue weighted by Crippen LogP contribution is 2.04. The monoisotopic (exact) mass is 292 g/mol. The van der Waals surface area contributed by atoms with Crippen molar-refractivity contribution in [1.82, 2.24) is 19.6 Å². The van der Waals surface area contributed by atoms with E-state index in [4.69, 9.17) is 0 Å². The van der Waals surface area contributed by atoms with Crippen LogP contribution in [0.4, 0.5) is 0 Å². The van der Waals surface area contributed by atoms with Crippen molar-refractivity contribution in [2.24, 2.45) is 0 Å². The van der Waals surface area contributed by atoms with Crippen molar-refractivity contribution in [3.63, 3.8) is 0 Å². The Labute approximate surface area is 117 Å². The van der Waals surface area contributed by atoms with Crippen LogP contribution < -0.4 is 10.6 Å². The molecule has 0 radical (unpaired) electrons. The van der Waals surface area contributed by atoms with E-state index in [0.717, 1.165) is 6.67 Å². The van der Waals surface area contributed by atoms with Crippen LogP contribution in [0.25, 0.3) is 0 Å². The molecule has 0 fully saturated rings. The van der Waals surface area contributed by atoms with E-state index in [0.29, 0.717) is 0 Å². The predicted octanol–water partition coefficient (Wildman–Crippen LogP) is 1.68. The van der Waals surface area contributed by atoms with Gasteiger partial charge in [-0.25, -0.2) is 0 Å². The molecule has 0 spiro atoms. The molecule has 19 heavy (non-hydrogen) atoms. The molecule has 0 amide bonds. The van der Waals surface area contributed by atoms with Gasteiger partial charge in [-0.05, 0) is 12.1 Å². The van der Waals surface area contributed by atoms with Crippen molar-refractivity contribution >= 4 is 26.8 Å². The minimum absolute atomic E-state index is 0.735. The zero-order chi connectivity index (χ0) is 14.3. The van der Waals surface area contributed by atoms with E-state index in [1.807, 2.05) is 12.4 Å². The minimum Gasteiger partial charge on any atom is -0.252 e. The van der Waals surface area contributed by atoms with E-state index >= 15 is 0 Å². The summed E-state index contributed by atoms with van der Waals surface area (Å²) in [5.41, 5.74) is 0. The van der Waals surface area contributed by atoms with Crippen molar-refractivity contribution in [2.75, 3.05) is 0 Å². The van der Waals surface area contributed by atoms with Crippen molar-refractivity contribution in [3.05, 3.63) is 24.5 Å². The van der Waals surface area contributed by atoms with Crippen molar-refractivity contribution in [2.45, 2.75) is 46.0 Å². The van der Waals surface area contributed by atoms with Crippen molar-refractivity contribution in [1.29, 1.82) is 0 Å². The third-order valence-electron chi connectivity index (χ3n) is 3.24. The summed E-state index contributed by atoms with van der Waals surface area (Å²) in [4.78, 5) is 0. The molecule has 104 valence electrons. The van der Waals surface area contributed by atoms with Gasteiger partial charge in [-0.3, -0.25) is 9.36 Å². The second-order valence-corrected chi connectivity index (χ2v) is 17.1. The minimum atomic E-state index is -1.35. The molecule has 0 N–H and O–H groups in total. The molecular formula is C13H24N4Si2. The van der Waals surface area contributed by atoms with Gasteiger partial charge in [0.05, 0.1) is 0 Å². The Morgan fingerprint density at radius 3 is 1.47 bits per heavy atom. The Hall–Kier alpha value is -1.15. The second-order valence-electron chi connectivity index (χ2n) is 7.07. The summed E-state index contributed by atoms with van der Waals surface area (Å²) in [7, 11) is -2.70. The van der Waals surface area contributed by atoms with Gasteiger partial charge in [0.1, 0.15) is 22.8 Å². The molecule has 2 rings (SSSR count). The quantitative estimate of drug-likeness (QED) is 0.804. The van der Waals surface area contributed by atoms with E-state index < -0.39 is 16.1 Å². The smallest absolute Gasteiger partial charge is 0.132 e. The summed E-state index contributed by atoms with van der Waals surface area (Å²) >= 11 is 0. The van der Waals surface area contributed by atoms with Crippen molar-refractivity contribution < 1.29 is 0 Å². The number of rotatable bonds is 4. The molecule has 4 nitrogen and oxygen atoms in total. The molecule has 2 aromatic heterocycles. The second kappa shape index (κ2) is 4.75. The van der Waals surface area contributed by atoms with Gasteiger partial charge in [0.25, 0.3) is 0 Å². The van der Waals surface area contributed by atoms with Crippen LogP contribution in [0, 0.1) is 0 Å². The van der Waals surface area contributed by atoms with Gasteiger partial charge in [-0.15, -0.1) is 0 Å². The largest absolute Gasteiger partial charge is 0.252 e. The normalized spacial score (nSPS) is 12.9. The number of nitrogens with zero attached hydrogens (tertiary/aromatic N) is 4. The lowest BCUT2D eigenvalue weighted by molar-refractivity contribution is 0.520. The first kappa shape index (κ1) is 14.3. The molecule has 0 aromatic carbocycles. The zero-order valence-corrected chi connectivity index (χ0v) is 14.8. The Bertz CT molecular complexity index is 507. The third kappa shape index (κ3) is 3.06. The molecule has 0 aliphatic rings. The lowest BCUT2D eigenvalue weighted by atomic mass is 10.7. The van der Waals surface area contributed by atoms with Gasteiger partial charge in [-0.1, -0.05) is 39.3 Å². The maximum atomic E-state index is 4.49. The fourth-order valence-corrected chi connectivity index (χ4v) is 5.25. The predicted molar refractivity (Wildman–Crippen MR) is 85.8 cm³/mol. The van der Waals surface area contributed by atoms with E-state index in [1.165, 1.54) is 10.6 Å². The summed E-state index contributed by atoms with van der Waals surface area (Å²) in [6, 6.07) is 4.31. The van der Waals surface area contributed by atoms with Crippen molar-refractivity contribution in [3.8, 4) is 0 Å². The molecule has 0 atom stereocenters. The van der Waals surface area contributed by atoms with Gasteiger partial charge in [-0.2, -0.15) is 10.2 Å². The SMILES string of the molecule is C[Si](C)(C)c1ccnn1Cn1nccc1[Si](C)(C)C. The Morgan fingerprint density at radius 1 is 0.789 bits per heavy atom. The van der Waals surface area contributed by atoms with Crippen LogP contribution in [0.1, 0.15) is 0 Å². The average Bonchev–Trinajstić information content (AvgIpc) is 2.83. The Balaban J connectivity index is 2.33. The molecule has 0 saturated heterocycles. The number of aromatic nitrogens is 4. The van der Waals surface area contributed by atoms with E-state index in [9.17, 15) is 0 Å². The van der Waals surface area contributed by atoms with Gasteiger partial charge in [0.15, 0.2) is 0 Å². The van der Waals surface area contributed by atoms with Crippen LogP contribution in [0.3, 0.4) is 0 Å². The summed E-state index contributed by atoms with van der Waals surface area (Å²) in [6.07, 6.45) is 3.82. The summed E-state index contributed by atoms with van der Waals surface area (Å²) in [5, 5.41) is 11.7. The zero-order valence-electron chi connectivity index (χ0n) is 12.8. The van der Waals surface area contributed by atoms with Crippen LogP contribution in [0.15, 0.2) is 24.5 Å². The summed E-state index contributed by atoms with van der Waals surface area (Å²) in [5.74, 6) is 0. The number of hydrogen-bond acceptors (Lipinski definition) is 2. The Morgan fingerprint density at radius 2 is 1.16 bits per heavy atom. The van der Waals surface area contributed by atoms with Crippen LogP contribution >= 0.6 is 0 Å². The highest BCUT2D eigenvalue weighted by Gasteiger charge is 2.24. The Kier molecular flexibility index (Phi) is 3.57. The maximum absolute atomic E-state index is 4.49.